The predicted molar refractivity (Wildman–Crippen MR) is 137 cm³/mol. The molecule has 0 aliphatic carbocycles. The lowest BCUT2D eigenvalue weighted by molar-refractivity contribution is -0.121. The second kappa shape index (κ2) is 23.6. The van der Waals surface area contributed by atoms with Crippen molar-refractivity contribution < 1.29 is 23.9 Å². The zero-order valence-electron chi connectivity index (χ0n) is 21.2. The van der Waals surface area contributed by atoms with E-state index in [9.17, 15) is 14.4 Å². The molecular formula is C23H49N7O5. The normalized spacial score (nSPS) is 12.5. The number of hydrogen-bond donors (Lipinski definition) is 7. The highest BCUT2D eigenvalue weighted by molar-refractivity contribution is 5.78. The Bertz CT molecular complexity index is 554. The zero-order chi connectivity index (χ0) is 26.2. The van der Waals surface area contributed by atoms with E-state index in [0.717, 1.165) is 70.9 Å². The van der Waals surface area contributed by atoms with E-state index in [2.05, 4.69) is 16.0 Å². The summed E-state index contributed by atoms with van der Waals surface area (Å²) in [4.78, 5) is 35.6. The molecule has 2 atom stereocenters. The molecule has 0 aromatic carbocycles. The summed E-state index contributed by atoms with van der Waals surface area (Å²) in [6.45, 7) is 2.76. The van der Waals surface area contributed by atoms with E-state index in [1.54, 1.807) is 0 Å². The lowest BCUT2D eigenvalue weighted by Crippen LogP contribution is -2.45. The summed E-state index contributed by atoms with van der Waals surface area (Å²) in [6, 6.07) is -0.762. The van der Waals surface area contributed by atoms with Crippen LogP contribution in [-0.2, 0) is 14.3 Å². The number of carbonyl (C=O) groups is 3. The highest BCUT2D eigenvalue weighted by Gasteiger charge is 2.18. The lowest BCUT2D eigenvalue weighted by atomic mass is 10.1. The second-order valence-electron chi connectivity index (χ2n) is 8.64. The van der Waals surface area contributed by atoms with Gasteiger partial charge < -0.3 is 48.4 Å². The Hall–Kier alpha value is -2.15. The number of rotatable bonds is 23. The molecule has 206 valence electrons. The third kappa shape index (κ3) is 22.1. The maximum Gasteiger partial charge on any atom is 0.407 e. The number of hydrogen-bond acceptors (Lipinski definition) is 9. The molecule has 0 heterocycles. The van der Waals surface area contributed by atoms with Crippen molar-refractivity contribution in [3.8, 4) is 0 Å². The first-order valence-electron chi connectivity index (χ1n) is 12.9. The van der Waals surface area contributed by atoms with Crippen LogP contribution in [0.1, 0.15) is 70.6 Å². The Morgan fingerprint density at radius 1 is 0.657 bits per heavy atom. The molecule has 0 aliphatic rings. The van der Waals surface area contributed by atoms with Crippen LogP contribution in [-0.4, -0.2) is 76.1 Å². The van der Waals surface area contributed by atoms with Crippen molar-refractivity contribution in [1.29, 1.82) is 0 Å². The molecule has 0 aromatic rings. The van der Waals surface area contributed by atoms with Gasteiger partial charge in [-0.2, -0.15) is 0 Å². The van der Waals surface area contributed by atoms with Gasteiger partial charge in [0.25, 0.3) is 0 Å². The molecule has 0 saturated heterocycles. The Kier molecular flexibility index (Phi) is 22.1. The quantitative estimate of drug-likeness (QED) is 0.0961. The van der Waals surface area contributed by atoms with Crippen LogP contribution >= 0.6 is 0 Å². The van der Waals surface area contributed by atoms with Crippen LogP contribution in [0.2, 0.25) is 0 Å². The first kappa shape index (κ1) is 32.8. The smallest absolute Gasteiger partial charge is 0.407 e. The molecule has 11 N–H and O–H groups in total. The minimum Gasteiger partial charge on any atom is -0.448 e. The van der Waals surface area contributed by atoms with Crippen molar-refractivity contribution >= 4 is 18.1 Å². The van der Waals surface area contributed by atoms with Crippen LogP contribution < -0.4 is 38.9 Å². The van der Waals surface area contributed by atoms with Crippen LogP contribution in [0, 0.1) is 0 Å². The van der Waals surface area contributed by atoms with E-state index >= 15 is 0 Å². The van der Waals surface area contributed by atoms with E-state index in [4.69, 9.17) is 32.4 Å². The summed E-state index contributed by atoms with van der Waals surface area (Å²) in [5.74, 6) is -0.149. The molecule has 0 radical (unpaired) electrons. The van der Waals surface area contributed by atoms with Crippen molar-refractivity contribution in [2.45, 2.75) is 82.7 Å². The van der Waals surface area contributed by atoms with Gasteiger partial charge in [-0.25, -0.2) is 9.59 Å². The number of nitrogens with one attached hydrogen (secondary N) is 3. The van der Waals surface area contributed by atoms with Crippen LogP contribution in [0.4, 0.5) is 9.59 Å². The maximum atomic E-state index is 12.3. The molecule has 12 nitrogen and oxygen atoms in total. The highest BCUT2D eigenvalue weighted by Crippen LogP contribution is 2.05. The molecule has 0 aliphatic heterocycles. The number of primary amides is 1. The monoisotopic (exact) mass is 503 g/mol. The summed E-state index contributed by atoms with van der Waals surface area (Å²) < 4.78 is 10.2. The predicted octanol–water partition coefficient (Wildman–Crippen LogP) is 0.418. The van der Waals surface area contributed by atoms with E-state index < -0.39 is 18.2 Å². The Morgan fingerprint density at radius 3 is 1.77 bits per heavy atom. The van der Waals surface area contributed by atoms with Crippen LogP contribution in [0.3, 0.4) is 0 Å². The van der Waals surface area contributed by atoms with Gasteiger partial charge in [-0.15, -0.1) is 0 Å². The molecule has 0 rings (SSSR count). The molecule has 0 aromatic heterocycles. The van der Waals surface area contributed by atoms with Gasteiger partial charge in [-0.1, -0.05) is 32.1 Å². The van der Waals surface area contributed by atoms with Crippen molar-refractivity contribution in [1.82, 2.24) is 16.0 Å². The van der Waals surface area contributed by atoms with Crippen LogP contribution in [0.5, 0.6) is 0 Å². The molecule has 0 spiro atoms. The van der Waals surface area contributed by atoms with Gasteiger partial charge >= 0.3 is 12.2 Å². The molecule has 0 unspecified atom stereocenters. The molecule has 0 saturated carbocycles. The molecule has 12 heteroatoms. The molecule has 0 fully saturated rings. The van der Waals surface area contributed by atoms with E-state index in [0.29, 0.717) is 25.9 Å². The number of nitrogens with two attached hydrogens (primary N) is 4. The molecule has 35 heavy (non-hydrogen) atoms. The fourth-order valence-corrected chi connectivity index (χ4v) is 3.44. The zero-order valence-corrected chi connectivity index (χ0v) is 21.2. The van der Waals surface area contributed by atoms with Crippen LogP contribution in [0.15, 0.2) is 0 Å². The number of unbranched alkanes of at least 4 members (excludes halogenated alkanes) is 6. The number of amides is 3. The van der Waals surface area contributed by atoms with Gasteiger partial charge in [0, 0.05) is 0 Å². The summed E-state index contributed by atoms with van der Waals surface area (Å²) in [7, 11) is 0. The van der Waals surface area contributed by atoms with Crippen molar-refractivity contribution in [2.75, 3.05) is 45.9 Å². The average molecular weight is 504 g/mol. The third-order valence-corrected chi connectivity index (χ3v) is 5.39. The molecule has 0 bridgehead atoms. The lowest BCUT2D eigenvalue weighted by Gasteiger charge is -2.21. The summed E-state index contributed by atoms with van der Waals surface area (Å²) >= 11 is 0. The summed E-state index contributed by atoms with van der Waals surface area (Å²) in [5, 5.41) is 8.76. The Balaban J connectivity index is 4.44. The Labute approximate surface area is 209 Å². The number of carbonyl (C=O) groups excluding carboxylic acids is 3. The first-order chi connectivity index (χ1) is 16.9. The van der Waals surface area contributed by atoms with Gasteiger partial charge in [0.2, 0.25) is 5.91 Å². The van der Waals surface area contributed by atoms with Crippen molar-refractivity contribution in [2.24, 2.45) is 22.9 Å². The largest absolute Gasteiger partial charge is 0.448 e. The minimum absolute atomic E-state index is 0.0233. The van der Waals surface area contributed by atoms with Gasteiger partial charge in [-0.05, 0) is 64.7 Å². The minimum atomic E-state index is -0.910. The topological polar surface area (TPSA) is 210 Å². The van der Waals surface area contributed by atoms with Gasteiger partial charge in [0.1, 0.15) is 13.2 Å². The van der Waals surface area contributed by atoms with E-state index in [1.165, 1.54) is 0 Å². The van der Waals surface area contributed by atoms with Gasteiger partial charge in [0.15, 0.2) is 0 Å². The second-order valence-corrected chi connectivity index (χ2v) is 8.64. The van der Waals surface area contributed by atoms with Crippen molar-refractivity contribution in [3.63, 3.8) is 0 Å². The highest BCUT2D eigenvalue weighted by atomic mass is 16.6. The maximum absolute atomic E-state index is 12.3. The fraction of sp³-hybridized carbons (Fsp3) is 0.870. The number of ether oxygens (including phenoxy) is 2. The fourth-order valence-electron chi connectivity index (χ4n) is 3.44. The summed E-state index contributed by atoms with van der Waals surface area (Å²) in [6.07, 6.45) is 8.25. The molecule has 3 amide bonds. The van der Waals surface area contributed by atoms with Gasteiger partial charge in [-0.3, -0.25) is 4.79 Å². The average Bonchev–Trinajstić information content (AvgIpc) is 2.82. The first-order valence-corrected chi connectivity index (χ1v) is 12.9. The van der Waals surface area contributed by atoms with Gasteiger partial charge in [0.05, 0.1) is 18.6 Å². The van der Waals surface area contributed by atoms with Crippen molar-refractivity contribution in [3.05, 3.63) is 0 Å². The summed E-state index contributed by atoms with van der Waals surface area (Å²) in [5.41, 5.74) is 21.6. The Morgan fingerprint density at radius 2 is 1.17 bits per heavy atom. The number of alkyl carbamates (subject to hydrolysis) is 1. The van der Waals surface area contributed by atoms with E-state index in [-0.39, 0.29) is 31.7 Å². The third-order valence-electron chi connectivity index (χ3n) is 5.39. The van der Waals surface area contributed by atoms with Crippen LogP contribution in [0.25, 0.3) is 0 Å². The SMILES string of the molecule is NCCCCCCCNCC(=O)N[C@@H](CCCCN)COC(=O)N[C@@H](CCCCN)COC(N)=O. The molecular weight excluding hydrogens is 454 g/mol. The van der Waals surface area contributed by atoms with E-state index in [1.807, 2.05) is 0 Å². The standard InChI is InChI=1S/C23H49N7O5/c24-12-6-2-1-3-9-15-28-16-21(31)29-19(10-4-7-13-25)18-35-23(33)30-20(11-5-8-14-26)17-34-22(27)32/h19-20,28H,1-18,24-26H2,(H2,27,32)(H,29,31)(H,30,33)/t19-,20-/m0/s1.